The number of hydrogen-bond acceptors (Lipinski definition) is 4. The van der Waals surface area contributed by atoms with Crippen molar-refractivity contribution >= 4 is 11.8 Å². The minimum absolute atomic E-state index is 0.0457. The Morgan fingerprint density at radius 3 is 3.07 bits per heavy atom. The van der Waals surface area contributed by atoms with Crippen LogP contribution in [0.25, 0.3) is 0 Å². The molecular weight excluding hydrogens is 196 g/mol. The van der Waals surface area contributed by atoms with Crippen LogP contribution in [0.4, 0.5) is 0 Å². The summed E-state index contributed by atoms with van der Waals surface area (Å²) in [7, 11) is 0. The molecule has 4 heteroatoms. The molecule has 3 saturated heterocycles. The first kappa shape index (κ1) is 9.33. The van der Waals surface area contributed by atoms with Crippen molar-refractivity contribution in [3.8, 4) is 0 Å². The van der Waals surface area contributed by atoms with Gasteiger partial charge in [-0.3, -0.25) is 9.59 Å². The van der Waals surface area contributed by atoms with Gasteiger partial charge in [0.15, 0.2) is 0 Å². The maximum atomic E-state index is 11.8. The molecule has 0 aromatic rings. The lowest BCUT2D eigenvalue weighted by molar-refractivity contribution is -0.149. The molecule has 3 aliphatic heterocycles. The van der Waals surface area contributed by atoms with Crippen LogP contribution < -0.4 is 0 Å². The van der Waals surface area contributed by atoms with Crippen LogP contribution in [0.3, 0.4) is 0 Å². The van der Waals surface area contributed by atoms with Crippen LogP contribution in [0.2, 0.25) is 0 Å². The van der Waals surface area contributed by atoms with Crippen molar-refractivity contribution in [1.82, 2.24) is 0 Å². The van der Waals surface area contributed by atoms with E-state index < -0.39 is 11.0 Å². The van der Waals surface area contributed by atoms with Crippen molar-refractivity contribution in [3.63, 3.8) is 0 Å². The van der Waals surface area contributed by atoms with Crippen molar-refractivity contribution in [2.45, 2.75) is 44.3 Å². The highest BCUT2D eigenvalue weighted by atomic mass is 16.6. The lowest BCUT2D eigenvalue weighted by atomic mass is 9.65. The number of carbonyl (C=O) groups is 2. The van der Waals surface area contributed by atoms with Crippen molar-refractivity contribution in [1.29, 1.82) is 0 Å². The minimum atomic E-state index is -0.651. The molecule has 0 radical (unpaired) electrons. The Labute approximate surface area is 87.9 Å². The zero-order valence-corrected chi connectivity index (χ0v) is 8.75. The maximum Gasteiger partial charge on any atom is 0.315 e. The molecule has 3 rings (SSSR count). The summed E-state index contributed by atoms with van der Waals surface area (Å²) >= 11 is 0. The lowest BCUT2D eigenvalue weighted by Crippen LogP contribution is -2.46. The van der Waals surface area contributed by atoms with Crippen molar-refractivity contribution < 1.29 is 19.1 Å². The number of ketones is 1. The zero-order valence-electron chi connectivity index (χ0n) is 8.75. The number of cyclic esters (lactones) is 1. The number of fused-ring (bicyclic) bond motifs is 1. The Hall–Kier alpha value is -0.900. The van der Waals surface area contributed by atoms with Crippen LogP contribution in [0, 0.1) is 5.41 Å². The predicted octanol–water partition coefficient (Wildman–Crippen LogP) is 0.830. The van der Waals surface area contributed by atoms with Crippen LogP contribution in [0.15, 0.2) is 0 Å². The van der Waals surface area contributed by atoms with E-state index in [1.54, 1.807) is 0 Å². The number of rotatable bonds is 2. The smallest absolute Gasteiger partial charge is 0.315 e. The monoisotopic (exact) mass is 210 g/mol. The van der Waals surface area contributed by atoms with Crippen molar-refractivity contribution in [2.24, 2.45) is 5.41 Å². The summed E-state index contributed by atoms with van der Waals surface area (Å²) in [5.41, 5.74) is -1.12. The summed E-state index contributed by atoms with van der Waals surface area (Å²) in [6.45, 7) is 1.87. The normalized spacial score (nSPS) is 46.7. The Kier molecular flexibility index (Phi) is 1.63. The number of esters is 1. The average Bonchev–Trinajstić information content (AvgIpc) is 2.75. The summed E-state index contributed by atoms with van der Waals surface area (Å²) < 4.78 is 11.0. The van der Waals surface area contributed by atoms with Gasteiger partial charge in [-0.1, -0.05) is 0 Å². The van der Waals surface area contributed by atoms with Crippen LogP contribution in [0.1, 0.15) is 32.6 Å². The molecule has 1 spiro atoms. The molecule has 0 N–H and O–H groups in total. The molecule has 0 aromatic heterocycles. The van der Waals surface area contributed by atoms with Gasteiger partial charge in [0.05, 0.1) is 6.10 Å². The highest BCUT2D eigenvalue weighted by Gasteiger charge is 2.71. The first-order valence-electron chi connectivity index (χ1n) is 5.43. The molecule has 0 unspecified atom stereocenters. The molecule has 0 amide bonds. The van der Waals surface area contributed by atoms with Gasteiger partial charge in [0, 0.05) is 6.42 Å². The molecule has 3 heterocycles. The Morgan fingerprint density at radius 2 is 2.40 bits per heavy atom. The summed E-state index contributed by atoms with van der Waals surface area (Å²) in [6.07, 6.45) is 2.97. The molecule has 3 atom stereocenters. The van der Waals surface area contributed by atoms with Crippen LogP contribution in [-0.2, 0) is 19.1 Å². The maximum absolute atomic E-state index is 11.8. The Balaban J connectivity index is 2.03. The van der Waals surface area contributed by atoms with E-state index in [2.05, 4.69) is 0 Å². The second kappa shape index (κ2) is 2.61. The van der Waals surface area contributed by atoms with Gasteiger partial charge in [0.25, 0.3) is 0 Å². The van der Waals surface area contributed by atoms with E-state index in [0.717, 1.165) is 12.8 Å². The van der Waals surface area contributed by atoms with Crippen molar-refractivity contribution in [3.05, 3.63) is 0 Å². The lowest BCUT2D eigenvalue weighted by Gasteiger charge is -2.33. The molecular formula is C11H14O4. The first-order chi connectivity index (χ1) is 7.08. The number of Topliss-reactive ketones (excluding diaryl/α,β-unsaturated/α-hetero) is 1. The van der Waals surface area contributed by atoms with Gasteiger partial charge < -0.3 is 9.47 Å². The Bertz CT molecular complexity index is 350. The third-order valence-corrected chi connectivity index (χ3v) is 4.09. The van der Waals surface area contributed by atoms with Gasteiger partial charge in [0.1, 0.15) is 23.4 Å². The largest absolute Gasteiger partial charge is 0.462 e. The van der Waals surface area contributed by atoms with E-state index in [1.165, 1.54) is 6.92 Å². The third kappa shape index (κ3) is 0.956. The number of ether oxygens (including phenoxy) is 2. The van der Waals surface area contributed by atoms with Crippen LogP contribution >= 0.6 is 0 Å². The SMILES string of the molecule is CC(=O)C[C@@]12C[C@H]3CC[C@]1(COC2=O)O3. The fraction of sp³-hybridized carbons (Fsp3) is 0.818. The molecule has 3 aliphatic rings. The minimum Gasteiger partial charge on any atom is -0.462 e. The summed E-state index contributed by atoms with van der Waals surface area (Å²) in [5.74, 6) is -0.177. The summed E-state index contributed by atoms with van der Waals surface area (Å²) in [6, 6.07) is 0. The van der Waals surface area contributed by atoms with Gasteiger partial charge in [-0.2, -0.15) is 0 Å². The highest BCUT2D eigenvalue weighted by molar-refractivity contribution is 5.89. The van der Waals surface area contributed by atoms with Crippen LogP contribution in [-0.4, -0.2) is 30.1 Å². The number of carbonyl (C=O) groups excluding carboxylic acids is 2. The molecule has 82 valence electrons. The quantitative estimate of drug-likeness (QED) is 0.633. The van der Waals surface area contributed by atoms with Gasteiger partial charge >= 0.3 is 5.97 Å². The fourth-order valence-electron chi connectivity index (χ4n) is 3.47. The topological polar surface area (TPSA) is 52.6 Å². The zero-order chi connectivity index (χ0) is 10.7. The second-order valence-electron chi connectivity index (χ2n) is 5.01. The molecule has 3 fully saturated rings. The summed E-state index contributed by atoms with van der Waals surface area (Å²) in [4.78, 5) is 23.1. The molecule has 0 aromatic carbocycles. The van der Waals surface area contributed by atoms with E-state index in [4.69, 9.17) is 9.47 Å². The number of hydrogen-bond donors (Lipinski definition) is 0. The van der Waals surface area contributed by atoms with Crippen molar-refractivity contribution in [2.75, 3.05) is 6.61 Å². The van der Waals surface area contributed by atoms with Gasteiger partial charge in [-0.25, -0.2) is 0 Å². The van der Waals surface area contributed by atoms with E-state index in [0.29, 0.717) is 13.0 Å². The molecule has 4 nitrogen and oxygen atoms in total. The van der Waals surface area contributed by atoms with E-state index in [9.17, 15) is 9.59 Å². The Morgan fingerprint density at radius 1 is 1.60 bits per heavy atom. The first-order valence-corrected chi connectivity index (χ1v) is 5.43. The van der Waals surface area contributed by atoms with E-state index in [-0.39, 0.29) is 24.3 Å². The van der Waals surface area contributed by atoms with Gasteiger partial charge in [-0.05, 0) is 26.2 Å². The van der Waals surface area contributed by atoms with Gasteiger partial charge in [-0.15, -0.1) is 0 Å². The third-order valence-electron chi connectivity index (χ3n) is 4.09. The highest BCUT2D eigenvalue weighted by Crippen LogP contribution is 2.61. The molecule has 15 heavy (non-hydrogen) atoms. The van der Waals surface area contributed by atoms with E-state index >= 15 is 0 Å². The molecule has 0 saturated carbocycles. The second-order valence-corrected chi connectivity index (χ2v) is 5.01. The molecule has 2 bridgehead atoms. The van der Waals surface area contributed by atoms with Gasteiger partial charge in [0.2, 0.25) is 0 Å². The average molecular weight is 210 g/mol. The van der Waals surface area contributed by atoms with E-state index in [1.807, 2.05) is 0 Å². The molecule has 0 aliphatic carbocycles. The predicted molar refractivity (Wildman–Crippen MR) is 50.1 cm³/mol. The summed E-state index contributed by atoms with van der Waals surface area (Å²) in [5, 5.41) is 0. The fourth-order valence-corrected chi connectivity index (χ4v) is 3.47. The standard InChI is InChI=1S/C11H14O4/c1-7(12)4-10-5-8-2-3-11(10,15-8)6-14-9(10)13/h8H,2-6H2,1H3/t8-,10+,11-/m1/s1. The van der Waals surface area contributed by atoms with Crippen LogP contribution in [0.5, 0.6) is 0 Å².